The number of rotatable bonds is 5. The first-order valence-electron chi connectivity index (χ1n) is 5.75. The molecule has 96 valence electrons. The highest BCUT2D eigenvalue weighted by Crippen LogP contribution is 2.41. The fourth-order valence-electron chi connectivity index (χ4n) is 2.04. The van der Waals surface area contributed by atoms with Crippen LogP contribution in [-0.4, -0.2) is 22.5 Å². The fraction of sp³-hybridized carbons (Fsp3) is 0.417. The summed E-state index contributed by atoms with van der Waals surface area (Å²) in [6.45, 7) is 0.361. The summed E-state index contributed by atoms with van der Waals surface area (Å²) in [5.74, 6) is -0.775. The highest BCUT2D eigenvalue weighted by Gasteiger charge is 2.44. The molecule has 1 aromatic carbocycles. The van der Waals surface area contributed by atoms with Crippen LogP contribution in [0.5, 0.6) is 0 Å². The molecule has 1 saturated carbocycles. The van der Waals surface area contributed by atoms with Crippen LogP contribution >= 0.6 is 0 Å². The molecular formula is C12H14N2O4. The largest absolute Gasteiger partial charge is 0.481 e. The van der Waals surface area contributed by atoms with Crippen LogP contribution in [0.4, 0.5) is 11.4 Å². The number of carboxylic acid groups (broad SMARTS) is 1. The van der Waals surface area contributed by atoms with Crippen molar-refractivity contribution in [2.45, 2.75) is 19.3 Å². The predicted molar refractivity (Wildman–Crippen MR) is 65.5 cm³/mol. The van der Waals surface area contributed by atoms with Crippen molar-refractivity contribution in [3.63, 3.8) is 0 Å². The minimum absolute atomic E-state index is 0.0251. The molecule has 6 heteroatoms. The fourth-order valence-corrected chi connectivity index (χ4v) is 2.04. The summed E-state index contributed by atoms with van der Waals surface area (Å²) >= 11 is 0. The molecule has 18 heavy (non-hydrogen) atoms. The van der Waals surface area contributed by atoms with Crippen LogP contribution < -0.4 is 5.32 Å². The summed E-state index contributed by atoms with van der Waals surface area (Å²) in [7, 11) is 0. The van der Waals surface area contributed by atoms with Crippen LogP contribution in [0.15, 0.2) is 24.3 Å². The maximum absolute atomic E-state index is 11.1. The van der Waals surface area contributed by atoms with E-state index in [0.717, 1.165) is 6.42 Å². The zero-order valence-electron chi connectivity index (χ0n) is 9.76. The average Bonchev–Trinajstić information content (AvgIpc) is 2.27. The molecule has 0 saturated heterocycles. The first kappa shape index (κ1) is 12.3. The van der Waals surface area contributed by atoms with Crippen molar-refractivity contribution in [3.8, 4) is 0 Å². The third-order valence-electron chi connectivity index (χ3n) is 3.47. The molecule has 0 spiro atoms. The molecular weight excluding hydrogens is 236 g/mol. The van der Waals surface area contributed by atoms with Gasteiger partial charge in [0.25, 0.3) is 5.69 Å². The number of anilines is 1. The van der Waals surface area contributed by atoms with E-state index in [9.17, 15) is 14.9 Å². The number of carbonyl (C=O) groups is 1. The molecule has 0 bridgehead atoms. The zero-order chi connectivity index (χ0) is 13.2. The smallest absolute Gasteiger partial charge is 0.311 e. The first-order valence-corrected chi connectivity index (χ1v) is 5.75. The Morgan fingerprint density at radius 1 is 1.39 bits per heavy atom. The van der Waals surface area contributed by atoms with E-state index in [2.05, 4.69) is 5.32 Å². The third kappa shape index (κ3) is 2.27. The molecule has 0 unspecified atom stereocenters. The maximum atomic E-state index is 11.1. The van der Waals surface area contributed by atoms with Gasteiger partial charge in [0, 0.05) is 24.4 Å². The van der Waals surface area contributed by atoms with Gasteiger partial charge in [0.15, 0.2) is 0 Å². The van der Waals surface area contributed by atoms with Crippen LogP contribution in [0.3, 0.4) is 0 Å². The Labute approximate surface area is 104 Å². The number of aliphatic carboxylic acids is 1. The monoisotopic (exact) mass is 250 g/mol. The van der Waals surface area contributed by atoms with Crippen molar-refractivity contribution in [1.82, 2.24) is 0 Å². The van der Waals surface area contributed by atoms with Gasteiger partial charge < -0.3 is 10.4 Å². The van der Waals surface area contributed by atoms with Crippen LogP contribution in [0.2, 0.25) is 0 Å². The minimum Gasteiger partial charge on any atom is -0.481 e. The first-order chi connectivity index (χ1) is 8.53. The zero-order valence-corrected chi connectivity index (χ0v) is 9.76. The molecule has 0 radical (unpaired) electrons. The van der Waals surface area contributed by atoms with Gasteiger partial charge >= 0.3 is 5.97 Å². The number of carboxylic acids is 1. The number of benzene rings is 1. The summed E-state index contributed by atoms with van der Waals surface area (Å²) < 4.78 is 0. The van der Waals surface area contributed by atoms with E-state index in [1.807, 2.05) is 0 Å². The van der Waals surface area contributed by atoms with Crippen LogP contribution in [-0.2, 0) is 4.79 Å². The molecule has 0 aliphatic heterocycles. The molecule has 2 rings (SSSR count). The van der Waals surface area contributed by atoms with Crippen molar-refractivity contribution in [2.24, 2.45) is 5.41 Å². The molecule has 0 amide bonds. The molecule has 0 heterocycles. The van der Waals surface area contributed by atoms with Gasteiger partial charge in [-0.25, -0.2) is 0 Å². The Bertz CT molecular complexity index is 465. The normalized spacial score (nSPS) is 16.7. The van der Waals surface area contributed by atoms with E-state index in [-0.39, 0.29) is 5.69 Å². The molecule has 0 atom stereocenters. The topological polar surface area (TPSA) is 92.5 Å². The molecule has 2 N–H and O–H groups in total. The molecule has 1 aromatic rings. The summed E-state index contributed by atoms with van der Waals surface area (Å²) in [5.41, 5.74) is 0.0622. The van der Waals surface area contributed by atoms with Crippen molar-refractivity contribution in [3.05, 3.63) is 34.4 Å². The Morgan fingerprint density at radius 2 is 2.00 bits per heavy atom. The summed E-state index contributed by atoms with van der Waals surface area (Å²) in [6, 6.07) is 5.98. The number of hydrogen-bond donors (Lipinski definition) is 2. The average molecular weight is 250 g/mol. The van der Waals surface area contributed by atoms with Crippen LogP contribution in [0.25, 0.3) is 0 Å². The van der Waals surface area contributed by atoms with Crippen molar-refractivity contribution >= 4 is 17.3 Å². The second kappa shape index (κ2) is 4.64. The number of hydrogen-bond acceptors (Lipinski definition) is 4. The maximum Gasteiger partial charge on any atom is 0.311 e. The second-order valence-corrected chi connectivity index (χ2v) is 4.60. The Hall–Kier alpha value is -2.11. The van der Waals surface area contributed by atoms with E-state index in [1.54, 1.807) is 12.1 Å². The van der Waals surface area contributed by atoms with Crippen molar-refractivity contribution in [1.29, 1.82) is 0 Å². The summed E-state index contributed by atoms with van der Waals surface area (Å²) in [4.78, 5) is 21.2. The van der Waals surface area contributed by atoms with Crippen molar-refractivity contribution in [2.75, 3.05) is 11.9 Å². The van der Waals surface area contributed by atoms with E-state index in [1.165, 1.54) is 12.1 Å². The molecule has 0 aromatic heterocycles. The van der Waals surface area contributed by atoms with Crippen LogP contribution in [0.1, 0.15) is 19.3 Å². The van der Waals surface area contributed by atoms with E-state index in [4.69, 9.17) is 5.11 Å². The summed E-state index contributed by atoms with van der Waals surface area (Å²) in [5, 5.41) is 22.7. The molecule has 6 nitrogen and oxygen atoms in total. The van der Waals surface area contributed by atoms with E-state index in [0.29, 0.717) is 25.1 Å². The van der Waals surface area contributed by atoms with Gasteiger partial charge in [0.2, 0.25) is 0 Å². The molecule has 1 aliphatic rings. The lowest BCUT2D eigenvalue weighted by Crippen LogP contribution is -2.43. The Kier molecular flexibility index (Phi) is 3.18. The quantitative estimate of drug-likeness (QED) is 0.617. The second-order valence-electron chi connectivity index (χ2n) is 4.60. The Morgan fingerprint density at radius 3 is 2.39 bits per heavy atom. The van der Waals surface area contributed by atoms with Gasteiger partial charge in [-0.15, -0.1) is 0 Å². The number of nitro groups is 1. The number of nitro benzene ring substituents is 1. The van der Waals surface area contributed by atoms with E-state index < -0.39 is 16.3 Å². The summed E-state index contributed by atoms with van der Waals surface area (Å²) in [6.07, 6.45) is 2.30. The lowest BCUT2D eigenvalue weighted by molar-refractivity contribution is -0.384. The lowest BCUT2D eigenvalue weighted by Gasteiger charge is -2.37. The van der Waals surface area contributed by atoms with Gasteiger partial charge in [-0.2, -0.15) is 0 Å². The van der Waals surface area contributed by atoms with Gasteiger partial charge in [-0.1, -0.05) is 6.42 Å². The number of nitrogens with one attached hydrogen (secondary N) is 1. The highest BCUT2D eigenvalue weighted by atomic mass is 16.6. The SMILES string of the molecule is O=C(O)C1(CNc2ccc([N+](=O)[O-])cc2)CCC1. The predicted octanol–water partition coefficient (Wildman–Crippen LogP) is 2.26. The highest BCUT2D eigenvalue weighted by molar-refractivity contribution is 5.76. The van der Waals surface area contributed by atoms with Gasteiger partial charge in [-0.3, -0.25) is 14.9 Å². The number of nitrogens with zero attached hydrogens (tertiary/aromatic N) is 1. The third-order valence-corrected chi connectivity index (χ3v) is 3.47. The van der Waals surface area contributed by atoms with Gasteiger partial charge in [0.1, 0.15) is 0 Å². The number of non-ortho nitro benzene ring substituents is 1. The standard InChI is InChI=1S/C12H14N2O4/c15-11(16)12(6-1-7-12)8-13-9-2-4-10(5-3-9)14(17)18/h2-5,13H,1,6-8H2,(H,15,16). The Balaban J connectivity index is 1.98. The lowest BCUT2D eigenvalue weighted by atomic mass is 9.69. The van der Waals surface area contributed by atoms with Gasteiger partial charge in [0.05, 0.1) is 10.3 Å². The van der Waals surface area contributed by atoms with Gasteiger partial charge in [-0.05, 0) is 25.0 Å². The van der Waals surface area contributed by atoms with E-state index >= 15 is 0 Å². The molecule has 1 fully saturated rings. The minimum atomic E-state index is -0.775. The molecule has 1 aliphatic carbocycles. The van der Waals surface area contributed by atoms with Crippen molar-refractivity contribution < 1.29 is 14.8 Å². The van der Waals surface area contributed by atoms with Crippen LogP contribution in [0, 0.1) is 15.5 Å².